The van der Waals surface area contributed by atoms with Gasteiger partial charge < -0.3 is 0 Å². The molecule has 0 aliphatic carbocycles. The van der Waals surface area contributed by atoms with Crippen molar-refractivity contribution in [2.24, 2.45) is 5.41 Å². The van der Waals surface area contributed by atoms with Gasteiger partial charge in [0.15, 0.2) is 0 Å². The predicted molar refractivity (Wildman–Crippen MR) is 134 cm³/mol. The topological polar surface area (TPSA) is 43.4 Å². The molecule has 5 aromatic carbocycles. The highest BCUT2D eigenvalue weighted by Crippen LogP contribution is 2.36. The Morgan fingerprint density at radius 3 is 1.78 bits per heavy atom. The number of hydrogen-bond acceptors (Lipinski definition) is 3. The van der Waals surface area contributed by atoms with E-state index in [1.807, 2.05) is 51.1 Å². The molecule has 0 amide bonds. The number of fused-ring (bicyclic) bond motifs is 4. The monoisotopic (exact) mass is 462 g/mol. The molecule has 32 heavy (non-hydrogen) atoms. The van der Waals surface area contributed by atoms with E-state index in [0.29, 0.717) is 5.39 Å². The van der Waals surface area contributed by atoms with Crippen molar-refractivity contribution < 1.29 is 12.6 Å². The third kappa shape index (κ3) is 3.83. The number of benzene rings is 5. The van der Waals surface area contributed by atoms with Crippen molar-refractivity contribution in [1.29, 1.82) is 0 Å². The van der Waals surface area contributed by atoms with Crippen LogP contribution in [-0.2, 0) is 14.3 Å². The molecule has 0 radical (unpaired) electrons. The van der Waals surface area contributed by atoms with Gasteiger partial charge in [0.2, 0.25) is 0 Å². The summed E-state index contributed by atoms with van der Waals surface area (Å²) in [6, 6.07) is 24.3. The second-order valence-corrected chi connectivity index (χ2v) is 11.4. The maximum absolute atomic E-state index is 13.1. The fraction of sp³-hybridized carbons (Fsp3) is 0.185. The second-order valence-electron chi connectivity index (χ2n) is 9.47. The van der Waals surface area contributed by atoms with Crippen molar-refractivity contribution >= 4 is 64.8 Å². The first-order chi connectivity index (χ1) is 15.1. The lowest BCUT2D eigenvalue weighted by molar-refractivity contribution is 0.203. The molecule has 0 saturated carbocycles. The van der Waals surface area contributed by atoms with E-state index < -0.39 is 10.1 Å². The normalized spacial score (nSPS) is 12.9. The van der Waals surface area contributed by atoms with Crippen LogP contribution in [0, 0.1) is 5.41 Å². The van der Waals surface area contributed by atoms with E-state index in [1.165, 1.54) is 10.8 Å². The quantitative estimate of drug-likeness (QED) is 0.204. The van der Waals surface area contributed by atoms with Crippen LogP contribution in [0.4, 0.5) is 0 Å². The van der Waals surface area contributed by atoms with E-state index in [0.717, 1.165) is 26.9 Å². The van der Waals surface area contributed by atoms with Crippen molar-refractivity contribution in [2.75, 3.05) is 6.61 Å². The van der Waals surface area contributed by atoms with Crippen molar-refractivity contribution in [3.05, 3.63) is 77.8 Å². The van der Waals surface area contributed by atoms with Crippen LogP contribution in [-0.4, -0.2) is 15.0 Å². The van der Waals surface area contributed by atoms with Crippen LogP contribution in [0.25, 0.3) is 43.1 Å². The highest BCUT2D eigenvalue weighted by Gasteiger charge is 2.25. The van der Waals surface area contributed by atoms with Crippen molar-refractivity contribution in [2.45, 2.75) is 25.7 Å². The SMILES string of the molecule is CC(C)(C)COS(=O)(=O)c1c(Cl)ccc2cc3cc4cc5ccccc5cc4cc3cc12. The van der Waals surface area contributed by atoms with E-state index in [2.05, 4.69) is 36.4 Å². The zero-order valence-corrected chi connectivity index (χ0v) is 19.7. The van der Waals surface area contributed by atoms with E-state index >= 15 is 0 Å². The summed E-state index contributed by atoms with van der Waals surface area (Å²) >= 11 is 6.39. The number of halogens is 1. The zero-order chi connectivity index (χ0) is 22.7. The predicted octanol–water partition coefficient (Wildman–Crippen LogP) is 7.70. The number of rotatable bonds is 3. The molecule has 0 unspecified atom stereocenters. The summed E-state index contributed by atoms with van der Waals surface area (Å²) in [7, 11) is -4.02. The first-order valence-corrected chi connectivity index (χ1v) is 12.3. The second kappa shape index (κ2) is 7.45. The van der Waals surface area contributed by atoms with Crippen LogP contribution in [0.2, 0.25) is 5.02 Å². The third-order valence-corrected chi connectivity index (χ3v) is 7.39. The fourth-order valence-corrected chi connectivity index (χ4v) is 5.86. The molecule has 0 spiro atoms. The maximum Gasteiger partial charge on any atom is 0.299 e. The molecule has 0 aliphatic heterocycles. The zero-order valence-electron chi connectivity index (χ0n) is 18.1. The van der Waals surface area contributed by atoms with Gasteiger partial charge in [-0.1, -0.05) is 62.7 Å². The van der Waals surface area contributed by atoms with Gasteiger partial charge in [-0.25, -0.2) is 0 Å². The Hall–Kier alpha value is -2.66. The summed E-state index contributed by atoms with van der Waals surface area (Å²) in [6.07, 6.45) is 0. The average molecular weight is 463 g/mol. The molecule has 5 aromatic rings. The average Bonchev–Trinajstić information content (AvgIpc) is 2.73. The summed E-state index contributed by atoms with van der Waals surface area (Å²) in [6.45, 7) is 5.86. The molecule has 0 saturated heterocycles. The highest BCUT2D eigenvalue weighted by molar-refractivity contribution is 7.87. The van der Waals surface area contributed by atoms with Crippen LogP contribution in [0.15, 0.2) is 77.7 Å². The lowest BCUT2D eigenvalue weighted by Gasteiger charge is -2.19. The summed E-state index contributed by atoms with van der Waals surface area (Å²) in [4.78, 5) is 0.0291. The Kier molecular flexibility index (Phi) is 4.93. The maximum atomic E-state index is 13.1. The van der Waals surface area contributed by atoms with E-state index in [9.17, 15) is 8.42 Å². The van der Waals surface area contributed by atoms with Gasteiger partial charge in [0.1, 0.15) is 4.90 Å². The highest BCUT2D eigenvalue weighted by atomic mass is 35.5. The van der Waals surface area contributed by atoms with Gasteiger partial charge in [0, 0.05) is 5.39 Å². The molecule has 3 nitrogen and oxygen atoms in total. The minimum atomic E-state index is -4.02. The fourth-order valence-electron chi connectivity index (χ4n) is 4.03. The molecule has 5 heteroatoms. The summed E-state index contributed by atoms with van der Waals surface area (Å²) in [5.41, 5.74) is -0.293. The van der Waals surface area contributed by atoms with Gasteiger partial charge in [-0.15, -0.1) is 0 Å². The van der Waals surface area contributed by atoms with Crippen LogP contribution in [0.5, 0.6) is 0 Å². The standard InChI is InChI=1S/C27H23ClO3S/c1-27(2,3)16-31-32(29,30)26-24-15-23-14-21-11-18-7-5-4-6-17(18)10-20(21)13-22(23)12-19(24)8-9-25(26)28/h4-15H,16H2,1-3H3. The molecule has 5 rings (SSSR count). The van der Waals surface area contributed by atoms with Gasteiger partial charge in [-0.2, -0.15) is 8.42 Å². The largest absolute Gasteiger partial charge is 0.299 e. The summed E-state index contributed by atoms with van der Waals surface area (Å²) in [5, 5.41) is 8.14. The first-order valence-electron chi connectivity index (χ1n) is 10.5. The molecule has 0 aliphatic rings. The Labute approximate surface area is 192 Å². The third-order valence-electron chi connectivity index (χ3n) is 5.60. The minimum absolute atomic E-state index is 0.0291. The molecule has 0 bridgehead atoms. The molecule has 0 fully saturated rings. The first kappa shape index (κ1) is 21.2. The smallest absolute Gasteiger partial charge is 0.266 e. The van der Waals surface area contributed by atoms with Crippen LogP contribution in [0.1, 0.15) is 20.8 Å². The summed E-state index contributed by atoms with van der Waals surface area (Å²) in [5.74, 6) is 0. The minimum Gasteiger partial charge on any atom is -0.266 e. The van der Waals surface area contributed by atoms with Gasteiger partial charge in [-0.3, -0.25) is 4.18 Å². The summed E-state index contributed by atoms with van der Waals surface area (Å²) < 4.78 is 31.6. The van der Waals surface area contributed by atoms with E-state index in [-0.39, 0.29) is 21.9 Å². The molecule has 0 heterocycles. The molecule has 0 N–H and O–H groups in total. The molecule has 162 valence electrons. The van der Waals surface area contributed by atoms with Gasteiger partial charge in [0.05, 0.1) is 11.6 Å². The Bertz CT molecular complexity index is 1630. The van der Waals surface area contributed by atoms with Crippen molar-refractivity contribution in [3.63, 3.8) is 0 Å². The molecule has 0 aromatic heterocycles. The molecular weight excluding hydrogens is 440 g/mol. The Balaban J connectivity index is 1.75. The molecule has 0 atom stereocenters. The van der Waals surface area contributed by atoms with Crippen LogP contribution >= 0.6 is 11.6 Å². The van der Waals surface area contributed by atoms with Gasteiger partial charge in [-0.05, 0) is 85.6 Å². The number of hydrogen-bond donors (Lipinski definition) is 0. The van der Waals surface area contributed by atoms with Crippen molar-refractivity contribution in [3.8, 4) is 0 Å². The van der Waals surface area contributed by atoms with Crippen LogP contribution in [0.3, 0.4) is 0 Å². The van der Waals surface area contributed by atoms with Gasteiger partial charge >= 0.3 is 0 Å². The van der Waals surface area contributed by atoms with E-state index in [4.69, 9.17) is 15.8 Å². The lowest BCUT2D eigenvalue weighted by Crippen LogP contribution is -2.19. The molecular formula is C27H23ClO3S. The lowest BCUT2D eigenvalue weighted by atomic mass is 9.97. The van der Waals surface area contributed by atoms with Gasteiger partial charge in [0.25, 0.3) is 10.1 Å². The van der Waals surface area contributed by atoms with Crippen molar-refractivity contribution in [1.82, 2.24) is 0 Å². The van der Waals surface area contributed by atoms with Crippen LogP contribution < -0.4 is 0 Å². The van der Waals surface area contributed by atoms with E-state index in [1.54, 1.807) is 6.07 Å². The Morgan fingerprint density at radius 1 is 0.719 bits per heavy atom. The Morgan fingerprint density at radius 2 is 1.22 bits per heavy atom.